The lowest BCUT2D eigenvalue weighted by atomic mass is 9.73. The fraction of sp³-hybridized carbons (Fsp3) is 0.588. The van der Waals surface area contributed by atoms with Crippen molar-refractivity contribution in [2.24, 2.45) is 5.41 Å². The van der Waals surface area contributed by atoms with Crippen molar-refractivity contribution in [2.45, 2.75) is 58.7 Å². The van der Waals surface area contributed by atoms with Crippen molar-refractivity contribution >= 4 is 15.0 Å². The van der Waals surface area contributed by atoms with Gasteiger partial charge in [0.15, 0.2) is 14.6 Å². The summed E-state index contributed by atoms with van der Waals surface area (Å²) in [5, 5.41) is 9.80. The molecular formula is C17H28O3Si. The summed E-state index contributed by atoms with van der Waals surface area (Å²) in [4.78, 5) is 11.9. The number of benzene rings is 1. The molecule has 1 aromatic rings. The summed E-state index contributed by atoms with van der Waals surface area (Å²) in [6.07, 6.45) is 2.25. The number of hydrogen-bond acceptors (Lipinski definition) is 2. The minimum atomic E-state index is -1.45. The molecule has 3 nitrogen and oxygen atoms in total. The highest BCUT2D eigenvalue weighted by Crippen LogP contribution is 2.39. The van der Waals surface area contributed by atoms with Gasteiger partial charge in [0.1, 0.15) is 0 Å². The molecule has 0 radical (unpaired) electrons. The Labute approximate surface area is 130 Å². The topological polar surface area (TPSA) is 46.5 Å². The summed E-state index contributed by atoms with van der Waals surface area (Å²) in [5.74, 6) is -0.829. The second-order valence-corrected chi connectivity index (χ2v) is 9.22. The van der Waals surface area contributed by atoms with Crippen LogP contribution in [0.4, 0.5) is 0 Å². The third kappa shape index (κ3) is 4.68. The van der Waals surface area contributed by atoms with E-state index in [4.69, 9.17) is 4.43 Å². The van der Waals surface area contributed by atoms with Crippen LogP contribution in [0.5, 0.6) is 0 Å². The van der Waals surface area contributed by atoms with Crippen molar-refractivity contribution < 1.29 is 14.3 Å². The first-order valence-electron chi connectivity index (χ1n) is 7.64. The summed E-state index contributed by atoms with van der Waals surface area (Å²) < 4.78 is 6.04. The Morgan fingerprint density at radius 2 is 1.76 bits per heavy atom. The molecule has 21 heavy (non-hydrogen) atoms. The van der Waals surface area contributed by atoms with E-state index < -0.39 is 26.0 Å². The molecule has 0 aliphatic carbocycles. The van der Waals surface area contributed by atoms with E-state index in [0.29, 0.717) is 6.42 Å². The minimum Gasteiger partial charge on any atom is -0.479 e. The fourth-order valence-corrected chi connectivity index (χ4v) is 4.05. The molecule has 0 heterocycles. The third-order valence-corrected chi connectivity index (χ3v) is 4.70. The summed E-state index contributed by atoms with van der Waals surface area (Å²) in [5.41, 5.74) is -0.262. The molecular weight excluding hydrogens is 280 g/mol. The smallest absolute Gasteiger partial charge is 0.335 e. The van der Waals surface area contributed by atoms with Crippen molar-refractivity contribution in [3.63, 3.8) is 0 Å². The van der Waals surface area contributed by atoms with Gasteiger partial charge in [-0.15, -0.1) is 0 Å². The van der Waals surface area contributed by atoms with Gasteiger partial charge >= 0.3 is 5.97 Å². The zero-order valence-corrected chi connectivity index (χ0v) is 15.0. The number of carboxylic acid groups (broad SMARTS) is 1. The van der Waals surface area contributed by atoms with E-state index in [2.05, 4.69) is 12.1 Å². The molecule has 1 atom stereocenters. The van der Waals surface area contributed by atoms with Gasteiger partial charge in [-0.25, -0.2) is 4.79 Å². The second-order valence-electron chi connectivity index (χ2n) is 6.89. The predicted octanol–water partition coefficient (Wildman–Crippen LogP) is 3.88. The van der Waals surface area contributed by atoms with E-state index in [0.717, 1.165) is 12.8 Å². The van der Waals surface area contributed by atoms with E-state index >= 15 is 0 Å². The van der Waals surface area contributed by atoms with Crippen LogP contribution < -0.4 is 0 Å². The molecule has 1 rings (SSSR count). The molecule has 118 valence electrons. The number of rotatable bonds is 7. The SMILES string of the molecule is C[SiH](C)OC(CCCc1ccccc1)(C(=O)O)C(C)(C)C. The Bertz CT molecular complexity index is 451. The fourth-order valence-electron chi connectivity index (χ4n) is 2.68. The maximum Gasteiger partial charge on any atom is 0.335 e. The molecule has 0 bridgehead atoms. The molecule has 1 aromatic carbocycles. The summed E-state index contributed by atoms with van der Waals surface area (Å²) >= 11 is 0. The van der Waals surface area contributed by atoms with E-state index in [1.165, 1.54) is 5.56 Å². The highest BCUT2D eigenvalue weighted by Gasteiger charge is 2.49. The summed E-state index contributed by atoms with van der Waals surface area (Å²) in [6, 6.07) is 10.2. The first-order chi connectivity index (χ1) is 9.69. The maximum atomic E-state index is 11.9. The van der Waals surface area contributed by atoms with Gasteiger partial charge in [-0.05, 0) is 37.9 Å². The van der Waals surface area contributed by atoms with Gasteiger partial charge in [0, 0.05) is 5.41 Å². The predicted molar refractivity (Wildman–Crippen MR) is 89.2 cm³/mol. The first kappa shape index (κ1) is 17.9. The lowest BCUT2D eigenvalue weighted by Crippen LogP contribution is -2.54. The lowest BCUT2D eigenvalue weighted by molar-refractivity contribution is -0.168. The monoisotopic (exact) mass is 308 g/mol. The maximum absolute atomic E-state index is 11.9. The molecule has 0 saturated carbocycles. The van der Waals surface area contributed by atoms with Crippen LogP contribution >= 0.6 is 0 Å². The Hall–Kier alpha value is -1.13. The van der Waals surface area contributed by atoms with Crippen LogP contribution in [0, 0.1) is 5.41 Å². The van der Waals surface area contributed by atoms with Crippen molar-refractivity contribution in [3.8, 4) is 0 Å². The number of carboxylic acids is 1. The van der Waals surface area contributed by atoms with E-state index in [9.17, 15) is 9.90 Å². The Morgan fingerprint density at radius 3 is 2.19 bits per heavy atom. The largest absolute Gasteiger partial charge is 0.479 e. The van der Waals surface area contributed by atoms with Gasteiger partial charge < -0.3 is 9.53 Å². The molecule has 0 spiro atoms. The molecule has 0 saturated heterocycles. The van der Waals surface area contributed by atoms with Crippen LogP contribution in [0.1, 0.15) is 39.2 Å². The van der Waals surface area contributed by atoms with Crippen LogP contribution in [0.15, 0.2) is 30.3 Å². The van der Waals surface area contributed by atoms with Gasteiger partial charge in [-0.2, -0.15) is 0 Å². The molecule has 0 aliphatic rings. The highest BCUT2D eigenvalue weighted by atomic mass is 28.3. The quantitative estimate of drug-likeness (QED) is 0.778. The third-order valence-electron chi connectivity index (χ3n) is 3.83. The van der Waals surface area contributed by atoms with Crippen LogP contribution in [0.2, 0.25) is 13.1 Å². The highest BCUT2D eigenvalue weighted by molar-refractivity contribution is 6.48. The zero-order chi connectivity index (χ0) is 16.1. The Morgan fingerprint density at radius 1 is 1.19 bits per heavy atom. The van der Waals surface area contributed by atoms with Gasteiger partial charge in [-0.3, -0.25) is 0 Å². The minimum absolute atomic E-state index is 0.424. The van der Waals surface area contributed by atoms with Crippen molar-refractivity contribution in [1.29, 1.82) is 0 Å². The lowest BCUT2D eigenvalue weighted by Gasteiger charge is -2.42. The van der Waals surface area contributed by atoms with E-state index in [1.807, 2.05) is 52.1 Å². The van der Waals surface area contributed by atoms with Crippen LogP contribution in [0.25, 0.3) is 0 Å². The number of carbonyl (C=O) groups is 1. The van der Waals surface area contributed by atoms with Crippen LogP contribution in [0.3, 0.4) is 0 Å². The van der Waals surface area contributed by atoms with Gasteiger partial charge in [0.2, 0.25) is 0 Å². The number of aryl methyl sites for hydroxylation is 1. The van der Waals surface area contributed by atoms with Crippen LogP contribution in [-0.4, -0.2) is 25.7 Å². The van der Waals surface area contributed by atoms with E-state index in [-0.39, 0.29) is 0 Å². The summed E-state index contributed by atoms with van der Waals surface area (Å²) in [6.45, 7) is 9.93. The molecule has 0 amide bonds. The molecule has 1 unspecified atom stereocenters. The number of hydrogen-bond donors (Lipinski definition) is 1. The molecule has 1 N–H and O–H groups in total. The van der Waals surface area contributed by atoms with Crippen LogP contribution in [-0.2, 0) is 15.6 Å². The average molecular weight is 308 g/mol. The van der Waals surface area contributed by atoms with Crippen molar-refractivity contribution in [3.05, 3.63) is 35.9 Å². The Kier molecular flexibility index (Phi) is 6.17. The van der Waals surface area contributed by atoms with E-state index in [1.54, 1.807) is 0 Å². The standard InChI is InChI=1S/C17H28O3Si/c1-16(2,3)17(15(18)19,20-21(4)5)13-9-12-14-10-7-6-8-11-14/h6-8,10-11,21H,9,12-13H2,1-5H3,(H,18,19). The molecule has 0 fully saturated rings. The number of aliphatic carboxylic acids is 1. The molecule has 4 heteroatoms. The average Bonchev–Trinajstić information content (AvgIpc) is 2.36. The first-order valence-corrected chi connectivity index (χ1v) is 10.4. The zero-order valence-electron chi connectivity index (χ0n) is 13.8. The Balaban J connectivity index is 2.84. The van der Waals surface area contributed by atoms with Gasteiger partial charge in [-0.1, -0.05) is 51.1 Å². The summed E-state index contributed by atoms with van der Waals surface area (Å²) in [7, 11) is -1.45. The normalized spacial score (nSPS) is 15.0. The van der Waals surface area contributed by atoms with Gasteiger partial charge in [0.25, 0.3) is 0 Å². The van der Waals surface area contributed by atoms with Crippen molar-refractivity contribution in [1.82, 2.24) is 0 Å². The van der Waals surface area contributed by atoms with Gasteiger partial charge in [0.05, 0.1) is 0 Å². The molecule has 0 aromatic heterocycles. The second kappa shape index (κ2) is 7.23. The molecule has 0 aliphatic heterocycles. The van der Waals surface area contributed by atoms with Crippen molar-refractivity contribution in [2.75, 3.05) is 0 Å².